The van der Waals surface area contributed by atoms with Gasteiger partial charge in [0.05, 0.1) is 5.69 Å². The second kappa shape index (κ2) is 13.9. The van der Waals surface area contributed by atoms with E-state index in [2.05, 4.69) is 80.6 Å². The molecule has 6 aromatic carbocycles. The minimum absolute atomic E-state index is 0.192. The van der Waals surface area contributed by atoms with Crippen molar-refractivity contribution in [3.63, 3.8) is 0 Å². The van der Waals surface area contributed by atoms with Gasteiger partial charge >= 0.3 is 0 Å². The predicted octanol–water partition coefficient (Wildman–Crippen LogP) is 12.3. The molecule has 0 saturated carbocycles. The first kappa shape index (κ1) is 31.4. The molecule has 0 radical (unpaired) electrons. The van der Waals surface area contributed by atoms with Crippen molar-refractivity contribution in [1.29, 1.82) is 0 Å². The topological polar surface area (TPSA) is 37.4 Å². The number of hydrogen-bond acceptors (Lipinski definition) is 2. The van der Waals surface area contributed by atoms with Crippen molar-refractivity contribution in [3.8, 4) is 0 Å². The maximum atomic E-state index is 14.7. The molecule has 0 N–H and O–H groups in total. The lowest BCUT2D eigenvalue weighted by molar-refractivity contribution is 0.0893. The highest BCUT2D eigenvalue weighted by atomic mass is 16.2. The number of rotatable bonds is 15. The van der Waals surface area contributed by atoms with E-state index in [-0.39, 0.29) is 11.8 Å². The lowest BCUT2D eigenvalue weighted by Crippen LogP contribution is -2.41. The van der Waals surface area contributed by atoms with E-state index in [9.17, 15) is 9.59 Å². The Morgan fingerprint density at radius 3 is 1.40 bits per heavy atom. The lowest BCUT2D eigenvalue weighted by atomic mass is 9.84. The fraction of sp³-hybridized carbons (Fsp3) is 0.364. The van der Waals surface area contributed by atoms with Crippen LogP contribution in [0.15, 0.2) is 78.9 Å². The molecular weight excluding hydrogens is 574 g/mol. The summed E-state index contributed by atoms with van der Waals surface area (Å²) in [6.45, 7) is 4.50. The average Bonchev–Trinajstić information content (AvgIpc) is 3.10. The van der Waals surface area contributed by atoms with Gasteiger partial charge in [-0.05, 0) is 86.6 Å². The molecule has 1 heterocycles. The predicted molar refractivity (Wildman–Crippen MR) is 199 cm³/mol. The average molecular weight is 622 g/mol. The van der Waals surface area contributed by atoms with E-state index in [1.807, 2.05) is 12.1 Å². The summed E-state index contributed by atoms with van der Waals surface area (Å²) in [5.74, 6) is -0.384. The van der Waals surface area contributed by atoms with Crippen molar-refractivity contribution in [1.82, 2.24) is 0 Å². The second-order valence-corrected chi connectivity index (χ2v) is 13.7. The summed E-state index contributed by atoms with van der Waals surface area (Å²) in [4.78, 5) is 30.9. The van der Waals surface area contributed by atoms with Crippen molar-refractivity contribution < 1.29 is 9.59 Å². The molecule has 0 atom stereocenters. The molecule has 1 aliphatic heterocycles. The number of hydrogen-bond donors (Lipinski definition) is 0. The third kappa shape index (κ3) is 5.69. The van der Waals surface area contributed by atoms with Crippen LogP contribution in [0.1, 0.15) is 123 Å². The van der Waals surface area contributed by atoms with Crippen LogP contribution in [0.3, 0.4) is 0 Å². The standard InChI is InChI=1S/C44H47NO2/c1-3-5-7-9-11-13-18-31-22-15-23-32(19-14-12-10-8-6-4-2)42(31)45-43(46)37-28-26-35-33-24-16-20-30-21-17-25-34(39(30)33)36-27-29-38(44(45)47)41(37)40(35)36/h15-17,20-29H,3-14,18-19H2,1-2H3. The van der Waals surface area contributed by atoms with Crippen LogP contribution in [-0.4, -0.2) is 11.8 Å². The molecule has 7 rings (SSSR count). The van der Waals surface area contributed by atoms with Crippen LogP contribution in [0.4, 0.5) is 5.69 Å². The van der Waals surface area contributed by atoms with E-state index in [0.29, 0.717) is 11.1 Å². The summed E-state index contributed by atoms with van der Waals surface area (Å²) in [6, 6.07) is 27.5. The molecule has 0 unspecified atom stereocenters. The highest BCUT2D eigenvalue weighted by Crippen LogP contribution is 2.45. The fourth-order valence-electron chi connectivity index (χ4n) is 8.15. The summed E-state index contributed by atoms with van der Waals surface area (Å²) < 4.78 is 0. The molecule has 0 bridgehead atoms. The van der Waals surface area contributed by atoms with Crippen molar-refractivity contribution in [2.24, 2.45) is 0 Å². The third-order valence-corrected chi connectivity index (χ3v) is 10.5. The molecule has 0 spiro atoms. The largest absolute Gasteiger partial charge is 0.268 e. The van der Waals surface area contributed by atoms with Crippen LogP contribution < -0.4 is 4.90 Å². The molecule has 3 nitrogen and oxygen atoms in total. The number of aryl methyl sites for hydroxylation is 2. The smallest absolute Gasteiger partial charge is 0.266 e. The van der Waals surface area contributed by atoms with Gasteiger partial charge in [-0.15, -0.1) is 0 Å². The molecule has 47 heavy (non-hydrogen) atoms. The van der Waals surface area contributed by atoms with Crippen molar-refractivity contribution in [2.45, 2.75) is 104 Å². The van der Waals surface area contributed by atoms with E-state index in [0.717, 1.165) is 64.0 Å². The summed E-state index contributed by atoms with van der Waals surface area (Å²) in [7, 11) is 0. The number of unbranched alkanes of at least 4 members (excludes halogenated alkanes) is 10. The Hall–Kier alpha value is -4.24. The SMILES string of the molecule is CCCCCCCCc1cccc(CCCCCCCC)c1N1C(=O)c2ccc3c4cccc5cccc(c6ccc(c2c36)C1=O)c54. The van der Waals surface area contributed by atoms with Crippen LogP contribution in [0.2, 0.25) is 0 Å². The highest BCUT2D eigenvalue weighted by molar-refractivity contribution is 6.42. The number of anilines is 1. The van der Waals surface area contributed by atoms with E-state index >= 15 is 0 Å². The van der Waals surface area contributed by atoms with Gasteiger partial charge in [0.2, 0.25) is 0 Å². The number of nitrogens with zero attached hydrogens (tertiary/aromatic N) is 1. The molecule has 2 amide bonds. The van der Waals surface area contributed by atoms with Gasteiger partial charge < -0.3 is 0 Å². The Bertz CT molecular complexity index is 1940. The van der Waals surface area contributed by atoms with Crippen LogP contribution in [0.5, 0.6) is 0 Å². The van der Waals surface area contributed by atoms with Crippen molar-refractivity contribution in [2.75, 3.05) is 4.90 Å². The number of fused-ring (bicyclic) bond motifs is 2. The Balaban J connectivity index is 1.31. The zero-order chi connectivity index (χ0) is 32.3. The summed E-state index contributed by atoms with van der Waals surface area (Å²) >= 11 is 0. The summed E-state index contributed by atoms with van der Waals surface area (Å²) in [5, 5.41) is 8.83. The second-order valence-electron chi connectivity index (χ2n) is 13.7. The van der Waals surface area contributed by atoms with Gasteiger partial charge in [0, 0.05) is 16.5 Å². The third-order valence-electron chi connectivity index (χ3n) is 10.5. The van der Waals surface area contributed by atoms with E-state index in [4.69, 9.17) is 0 Å². The molecule has 0 fully saturated rings. The molecule has 3 heteroatoms. The van der Waals surface area contributed by atoms with Gasteiger partial charge in [0.1, 0.15) is 0 Å². The number of amides is 2. The molecular formula is C44H47NO2. The minimum atomic E-state index is -0.192. The van der Waals surface area contributed by atoms with E-state index in [1.54, 1.807) is 4.90 Å². The van der Waals surface area contributed by atoms with Crippen LogP contribution in [0.25, 0.3) is 43.1 Å². The first-order chi connectivity index (χ1) is 23.1. The quantitative estimate of drug-likeness (QED) is 0.0495. The van der Waals surface area contributed by atoms with Gasteiger partial charge in [-0.2, -0.15) is 0 Å². The van der Waals surface area contributed by atoms with Gasteiger partial charge in [-0.25, -0.2) is 4.90 Å². The lowest BCUT2D eigenvalue weighted by Gasteiger charge is -2.31. The van der Waals surface area contributed by atoms with Crippen molar-refractivity contribution in [3.05, 3.63) is 101 Å². The number of carbonyl (C=O) groups excluding carboxylic acids is 2. The van der Waals surface area contributed by atoms with Crippen LogP contribution >= 0.6 is 0 Å². The van der Waals surface area contributed by atoms with Crippen molar-refractivity contribution >= 4 is 60.6 Å². The van der Waals surface area contributed by atoms with Crippen LogP contribution in [-0.2, 0) is 12.8 Å². The zero-order valence-corrected chi connectivity index (χ0v) is 28.2. The number of benzene rings is 6. The molecule has 1 aliphatic rings. The molecule has 240 valence electrons. The zero-order valence-electron chi connectivity index (χ0n) is 28.2. The first-order valence-electron chi connectivity index (χ1n) is 18.3. The van der Waals surface area contributed by atoms with Gasteiger partial charge in [-0.3, -0.25) is 9.59 Å². The van der Waals surface area contributed by atoms with Crippen LogP contribution in [0, 0.1) is 0 Å². The van der Waals surface area contributed by atoms with E-state index in [1.165, 1.54) is 85.8 Å². The minimum Gasteiger partial charge on any atom is -0.268 e. The molecule has 0 aromatic heterocycles. The Morgan fingerprint density at radius 1 is 0.447 bits per heavy atom. The van der Waals surface area contributed by atoms with Gasteiger partial charge in [-0.1, -0.05) is 145 Å². The Kier molecular flexibility index (Phi) is 9.25. The maximum absolute atomic E-state index is 14.7. The Labute approximate surface area is 279 Å². The summed E-state index contributed by atoms with van der Waals surface area (Å²) in [5.41, 5.74) is 4.36. The fourth-order valence-corrected chi connectivity index (χ4v) is 8.15. The maximum Gasteiger partial charge on any atom is 0.266 e. The molecule has 6 aromatic rings. The molecule has 0 saturated heterocycles. The number of imide groups is 1. The Morgan fingerprint density at radius 2 is 0.894 bits per heavy atom. The van der Waals surface area contributed by atoms with E-state index < -0.39 is 0 Å². The molecule has 0 aliphatic carbocycles. The monoisotopic (exact) mass is 621 g/mol. The first-order valence-corrected chi connectivity index (χ1v) is 18.3. The number of para-hydroxylation sites is 1. The van der Waals surface area contributed by atoms with Gasteiger partial charge in [0.25, 0.3) is 11.8 Å². The van der Waals surface area contributed by atoms with Gasteiger partial charge in [0.15, 0.2) is 0 Å². The highest BCUT2D eigenvalue weighted by Gasteiger charge is 2.37. The summed E-state index contributed by atoms with van der Waals surface area (Å²) in [6.07, 6.45) is 16.3. The normalized spacial score (nSPS) is 13.3. The number of carbonyl (C=O) groups is 2.